The summed E-state index contributed by atoms with van der Waals surface area (Å²) in [6, 6.07) is 0. The van der Waals surface area contributed by atoms with Crippen LogP contribution in [0.3, 0.4) is 0 Å². The van der Waals surface area contributed by atoms with E-state index in [0.29, 0.717) is 6.54 Å². The zero-order chi connectivity index (χ0) is 12.4. The minimum atomic E-state index is -0.00514. The molecular weight excluding hydrogens is 236 g/mol. The molecule has 0 aliphatic carbocycles. The third-order valence-corrected chi connectivity index (χ3v) is 3.63. The van der Waals surface area contributed by atoms with Crippen LogP contribution < -0.4 is 5.32 Å². The van der Waals surface area contributed by atoms with Crippen LogP contribution in [0.2, 0.25) is 0 Å². The summed E-state index contributed by atoms with van der Waals surface area (Å²) in [4.78, 5) is 21.5. The first-order valence-corrected chi connectivity index (χ1v) is 6.48. The normalized spacial score (nSPS) is 16.0. The van der Waals surface area contributed by atoms with Crippen molar-refractivity contribution in [2.75, 3.05) is 39.5 Å². The average Bonchev–Trinajstić information content (AvgIpc) is 2.57. The Morgan fingerprint density at radius 3 is 3.06 bits per heavy atom. The molecule has 0 saturated carbocycles. The van der Waals surface area contributed by atoms with Crippen LogP contribution >= 0.6 is 11.3 Å². The van der Waals surface area contributed by atoms with Gasteiger partial charge in [-0.15, -0.1) is 11.3 Å². The maximum Gasteiger partial charge on any atom is 0.240 e. The number of thiazole rings is 1. The van der Waals surface area contributed by atoms with Gasteiger partial charge in [-0.25, -0.2) is 4.98 Å². The molecule has 2 rings (SSSR count). The Balaban J connectivity index is 2.01. The predicted molar refractivity (Wildman–Crippen MR) is 69.3 cm³/mol. The highest BCUT2D eigenvalue weighted by Gasteiger charge is 2.19. The molecule has 94 valence electrons. The third kappa shape index (κ3) is 3.24. The molecule has 0 unspecified atom stereocenters. The van der Waals surface area contributed by atoms with Gasteiger partial charge in [-0.3, -0.25) is 4.79 Å². The van der Waals surface area contributed by atoms with Gasteiger partial charge in [0.2, 0.25) is 5.91 Å². The summed E-state index contributed by atoms with van der Waals surface area (Å²) in [6.07, 6.45) is 0.978. The smallest absolute Gasteiger partial charge is 0.240 e. The van der Waals surface area contributed by atoms with Gasteiger partial charge >= 0.3 is 0 Å². The lowest BCUT2D eigenvalue weighted by Crippen LogP contribution is -2.27. The molecule has 1 amide bonds. The molecule has 1 aromatic rings. The first-order valence-electron chi connectivity index (χ1n) is 5.66. The lowest BCUT2D eigenvalue weighted by atomic mass is 10.2. The standard InChI is InChI=1S/C11H18N4OS/c1-14(2)7-10(16)13-11-12-8-4-5-15(3)6-9(8)17-11/h4-7H2,1-3H3,(H,12,13,16). The number of carbonyl (C=O) groups is 1. The Labute approximate surface area is 105 Å². The number of carbonyl (C=O) groups excluding carboxylic acids is 1. The van der Waals surface area contributed by atoms with E-state index in [1.807, 2.05) is 19.0 Å². The minimum absolute atomic E-state index is 0.00514. The van der Waals surface area contributed by atoms with E-state index < -0.39 is 0 Å². The molecule has 0 atom stereocenters. The second kappa shape index (κ2) is 5.12. The Hall–Kier alpha value is -0.980. The first kappa shape index (κ1) is 12.5. The van der Waals surface area contributed by atoms with E-state index >= 15 is 0 Å². The Morgan fingerprint density at radius 1 is 1.59 bits per heavy atom. The van der Waals surface area contributed by atoms with Crippen LogP contribution in [0.1, 0.15) is 10.6 Å². The highest BCUT2D eigenvalue weighted by Crippen LogP contribution is 2.27. The van der Waals surface area contributed by atoms with Gasteiger partial charge in [0, 0.05) is 24.4 Å². The van der Waals surface area contributed by atoms with Crippen LogP contribution in [0.4, 0.5) is 5.13 Å². The molecule has 1 aromatic heterocycles. The number of anilines is 1. The van der Waals surface area contributed by atoms with E-state index in [0.717, 1.165) is 30.3 Å². The predicted octanol–water partition coefficient (Wildman–Crippen LogP) is 0.631. The molecule has 0 fully saturated rings. The van der Waals surface area contributed by atoms with Crippen molar-refractivity contribution in [2.24, 2.45) is 0 Å². The van der Waals surface area contributed by atoms with E-state index in [1.54, 1.807) is 11.3 Å². The monoisotopic (exact) mass is 254 g/mol. The van der Waals surface area contributed by atoms with Crippen molar-refractivity contribution in [3.8, 4) is 0 Å². The molecule has 1 aliphatic heterocycles. The molecule has 2 heterocycles. The number of hydrogen-bond donors (Lipinski definition) is 1. The van der Waals surface area contributed by atoms with E-state index in [2.05, 4.69) is 22.2 Å². The van der Waals surface area contributed by atoms with Crippen molar-refractivity contribution in [2.45, 2.75) is 13.0 Å². The molecule has 5 nitrogen and oxygen atoms in total. The third-order valence-electron chi connectivity index (χ3n) is 2.63. The summed E-state index contributed by atoms with van der Waals surface area (Å²) in [6.45, 7) is 2.38. The molecule has 1 aliphatic rings. The SMILES string of the molecule is CN(C)CC(=O)Nc1nc2c(s1)CN(C)CC2. The Morgan fingerprint density at radius 2 is 2.35 bits per heavy atom. The van der Waals surface area contributed by atoms with Gasteiger partial charge in [0.05, 0.1) is 12.2 Å². The maximum absolute atomic E-state index is 11.6. The highest BCUT2D eigenvalue weighted by molar-refractivity contribution is 7.15. The summed E-state index contributed by atoms with van der Waals surface area (Å²) in [5.41, 5.74) is 1.15. The van der Waals surface area contributed by atoms with Gasteiger partial charge in [-0.1, -0.05) is 0 Å². The zero-order valence-electron chi connectivity index (χ0n) is 10.5. The van der Waals surface area contributed by atoms with Gasteiger partial charge in [0.1, 0.15) is 0 Å². The van der Waals surface area contributed by atoms with Crippen LogP contribution in [0.5, 0.6) is 0 Å². The van der Waals surface area contributed by atoms with Crippen molar-refractivity contribution < 1.29 is 4.79 Å². The fourth-order valence-electron chi connectivity index (χ4n) is 1.82. The second-order valence-corrected chi connectivity index (χ2v) is 5.75. The van der Waals surface area contributed by atoms with Crippen LogP contribution in [0.15, 0.2) is 0 Å². The summed E-state index contributed by atoms with van der Waals surface area (Å²) in [5.74, 6) is -0.00514. The Kier molecular flexibility index (Phi) is 3.76. The number of nitrogens with one attached hydrogen (secondary N) is 1. The number of amides is 1. The average molecular weight is 254 g/mol. The van der Waals surface area contributed by atoms with Gasteiger partial charge in [-0.05, 0) is 21.1 Å². The largest absolute Gasteiger partial charge is 0.301 e. The molecule has 0 saturated heterocycles. The van der Waals surface area contributed by atoms with E-state index in [9.17, 15) is 4.79 Å². The molecule has 1 N–H and O–H groups in total. The first-order chi connectivity index (χ1) is 8.04. The van der Waals surface area contributed by atoms with Crippen LogP contribution in [0.25, 0.3) is 0 Å². The second-order valence-electron chi connectivity index (χ2n) is 4.66. The van der Waals surface area contributed by atoms with E-state index in [4.69, 9.17) is 0 Å². The van der Waals surface area contributed by atoms with Gasteiger partial charge in [-0.2, -0.15) is 0 Å². The number of likely N-dealkylation sites (N-methyl/N-ethyl adjacent to an activating group) is 2. The Bertz CT molecular complexity index is 416. The number of fused-ring (bicyclic) bond motifs is 1. The molecule has 0 spiro atoms. The number of aromatic nitrogens is 1. The molecule has 6 heteroatoms. The maximum atomic E-state index is 11.6. The summed E-state index contributed by atoms with van der Waals surface area (Å²) >= 11 is 1.59. The van der Waals surface area contributed by atoms with Gasteiger partial charge in [0.15, 0.2) is 5.13 Å². The van der Waals surface area contributed by atoms with Crippen molar-refractivity contribution in [1.82, 2.24) is 14.8 Å². The van der Waals surface area contributed by atoms with E-state index in [1.165, 1.54) is 4.88 Å². The number of hydrogen-bond acceptors (Lipinski definition) is 5. The number of nitrogens with zero attached hydrogens (tertiary/aromatic N) is 3. The molecule has 0 aromatic carbocycles. The minimum Gasteiger partial charge on any atom is -0.301 e. The van der Waals surface area contributed by atoms with Crippen LogP contribution in [-0.2, 0) is 17.8 Å². The van der Waals surface area contributed by atoms with Gasteiger partial charge < -0.3 is 15.1 Å². The van der Waals surface area contributed by atoms with Crippen LogP contribution in [-0.4, -0.2) is 54.9 Å². The molecular formula is C11H18N4OS. The topological polar surface area (TPSA) is 48.5 Å². The summed E-state index contributed by atoms with van der Waals surface area (Å²) in [7, 11) is 5.86. The number of rotatable bonds is 3. The highest BCUT2D eigenvalue weighted by atomic mass is 32.1. The van der Waals surface area contributed by atoms with Crippen molar-refractivity contribution in [1.29, 1.82) is 0 Å². The van der Waals surface area contributed by atoms with Crippen molar-refractivity contribution in [3.63, 3.8) is 0 Å². The van der Waals surface area contributed by atoms with Crippen LogP contribution in [0, 0.1) is 0 Å². The summed E-state index contributed by atoms with van der Waals surface area (Å²) in [5, 5.41) is 3.59. The quantitative estimate of drug-likeness (QED) is 0.859. The lowest BCUT2D eigenvalue weighted by Gasteiger charge is -2.20. The van der Waals surface area contributed by atoms with Crippen molar-refractivity contribution in [3.05, 3.63) is 10.6 Å². The molecule has 17 heavy (non-hydrogen) atoms. The zero-order valence-corrected chi connectivity index (χ0v) is 11.3. The molecule has 0 radical (unpaired) electrons. The van der Waals surface area contributed by atoms with Gasteiger partial charge in [0.25, 0.3) is 0 Å². The van der Waals surface area contributed by atoms with Crippen molar-refractivity contribution >= 4 is 22.4 Å². The fraction of sp³-hybridized carbons (Fsp3) is 0.636. The summed E-state index contributed by atoms with van der Waals surface area (Å²) < 4.78 is 0. The lowest BCUT2D eigenvalue weighted by molar-refractivity contribution is -0.116. The fourth-order valence-corrected chi connectivity index (χ4v) is 2.93. The van der Waals surface area contributed by atoms with E-state index in [-0.39, 0.29) is 5.91 Å². The molecule has 0 bridgehead atoms.